The van der Waals surface area contributed by atoms with E-state index in [9.17, 15) is 0 Å². The molecule has 0 saturated heterocycles. The average Bonchev–Trinajstić information content (AvgIpc) is 2.82. The summed E-state index contributed by atoms with van der Waals surface area (Å²) in [7, 11) is 0. The fourth-order valence-electron chi connectivity index (χ4n) is 1.49. The third kappa shape index (κ3) is 2.89. The van der Waals surface area contributed by atoms with Gasteiger partial charge in [0, 0.05) is 6.54 Å². The molecule has 2 rings (SSSR count). The van der Waals surface area contributed by atoms with Gasteiger partial charge < -0.3 is 14.8 Å². The Bertz CT molecular complexity index is 360. The van der Waals surface area contributed by atoms with Crippen molar-refractivity contribution in [3.8, 4) is 11.5 Å². The number of hydrogen-bond acceptors (Lipinski definition) is 4. The van der Waals surface area contributed by atoms with Crippen LogP contribution < -0.4 is 14.8 Å². The van der Waals surface area contributed by atoms with Gasteiger partial charge in [-0.1, -0.05) is 0 Å². The number of benzene rings is 1. The molecule has 4 nitrogen and oxygen atoms in total. The molecule has 0 amide bonds. The van der Waals surface area contributed by atoms with E-state index in [0.29, 0.717) is 13.2 Å². The summed E-state index contributed by atoms with van der Waals surface area (Å²) in [4.78, 5) is 4.25. The Kier molecular flexibility index (Phi) is 3.64. The lowest BCUT2D eigenvalue weighted by Gasteiger charge is -2.07. The van der Waals surface area contributed by atoms with Crippen molar-refractivity contribution in [3.05, 3.63) is 24.3 Å². The first-order valence-corrected chi connectivity index (χ1v) is 5.51. The Labute approximate surface area is 95.3 Å². The number of aliphatic imine (C=N–C) groups is 1. The van der Waals surface area contributed by atoms with Gasteiger partial charge in [-0.25, -0.2) is 0 Å². The largest absolute Gasteiger partial charge is 0.494 e. The molecule has 0 aromatic heterocycles. The van der Waals surface area contributed by atoms with E-state index in [-0.39, 0.29) is 0 Å². The zero-order valence-corrected chi connectivity index (χ0v) is 9.40. The summed E-state index contributed by atoms with van der Waals surface area (Å²) < 4.78 is 10.9. The lowest BCUT2D eigenvalue weighted by Crippen LogP contribution is -2.24. The Hall–Kier alpha value is -1.71. The van der Waals surface area contributed by atoms with Gasteiger partial charge >= 0.3 is 0 Å². The van der Waals surface area contributed by atoms with Crippen LogP contribution in [0.5, 0.6) is 11.5 Å². The van der Waals surface area contributed by atoms with Crippen LogP contribution in [0.1, 0.15) is 6.92 Å². The van der Waals surface area contributed by atoms with E-state index in [1.807, 2.05) is 31.2 Å². The Morgan fingerprint density at radius 2 is 1.88 bits per heavy atom. The van der Waals surface area contributed by atoms with Crippen LogP contribution in [0.25, 0.3) is 0 Å². The van der Waals surface area contributed by atoms with E-state index in [2.05, 4.69) is 10.3 Å². The van der Waals surface area contributed by atoms with Crippen LogP contribution in [0.15, 0.2) is 29.3 Å². The van der Waals surface area contributed by atoms with Crippen molar-refractivity contribution in [3.63, 3.8) is 0 Å². The fourth-order valence-corrected chi connectivity index (χ4v) is 1.49. The molecule has 86 valence electrons. The SMILES string of the molecule is CCOc1ccc(OCC2=NCCN2)cc1. The van der Waals surface area contributed by atoms with Crippen molar-refractivity contribution in [2.45, 2.75) is 6.92 Å². The zero-order chi connectivity index (χ0) is 11.2. The maximum Gasteiger partial charge on any atom is 0.145 e. The normalized spacial score (nSPS) is 14.2. The van der Waals surface area contributed by atoms with Gasteiger partial charge in [0.25, 0.3) is 0 Å². The Morgan fingerprint density at radius 3 is 2.44 bits per heavy atom. The molecule has 1 aromatic rings. The van der Waals surface area contributed by atoms with E-state index in [1.165, 1.54) is 0 Å². The number of ether oxygens (including phenoxy) is 2. The molecule has 0 spiro atoms. The van der Waals surface area contributed by atoms with Crippen LogP contribution in [0.3, 0.4) is 0 Å². The molecule has 0 fully saturated rings. The van der Waals surface area contributed by atoms with E-state index < -0.39 is 0 Å². The number of hydrogen-bond donors (Lipinski definition) is 1. The van der Waals surface area contributed by atoms with Gasteiger partial charge in [-0.15, -0.1) is 0 Å². The van der Waals surface area contributed by atoms with Crippen LogP contribution in [0.4, 0.5) is 0 Å². The third-order valence-corrected chi connectivity index (χ3v) is 2.25. The summed E-state index contributed by atoms with van der Waals surface area (Å²) in [6.45, 7) is 4.92. The molecule has 1 N–H and O–H groups in total. The zero-order valence-electron chi connectivity index (χ0n) is 9.40. The van der Waals surface area contributed by atoms with Crippen LogP contribution in [0, 0.1) is 0 Å². The number of nitrogens with one attached hydrogen (secondary N) is 1. The summed E-state index contributed by atoms with van der Waals surface area (Å²) in [5, 5.41) is 3.16. The van der Waals surface area contributed by atoms with Crippen LogP contribution >= 0.6 is 0 Å². The van der Waals surface area contributed by atoms with Crippen molar-refractivity contribution in [1.29, 1.82) is 0 Å². The number of amidine groups is 1. The molecule has 0 saturated carbocycles. The van der Waals surface area contributed by atoms with E-state index in [1.54, 1.807) is 0 Å². The topological polar surface area (TPSA) is 42.9 Å². The van der Waals surface area contributed by atoms with Crippen molar-refractivity contribution in [1.82, 2.24) is 5.32 Å². The number of rotatable bonds is 5. The third-order valence-electron chi connectivity index (χ3n) is 2.25. The minimum Gasteiger partial charge on any atom is -0.494 e. The molecule has 16 heavy (non-hydrogen) atoms. The summed E-state index contributed by atoms with van der Waals surface area (Å²) in [6, 6.07) is 7.62. The molecule has 0 unspecified atom stereocenters. The molecule has 0 atom stereocenters. The smallest absolute Gasteiger partial charge is 0.145 e. The minimum atomic E-state index is 0.508. The van der Waals surface area contributed by atoms with E-state index >= 15 is 0 Å². The van der Waals surface area contributed by atoms with Gasteiger partial charge in [0.1, 0.15) is 23.9 Å². The second-order valence-corrected chi connectivity index (χ2v) is 3.45. The molecule has 1 aliphatic heterocycles. The summed E-state index contributed by atoms with van der Waals surface area (Å²) in [5.74, 6) is 2.62. The van der Waals surface area contributed by atoms with Crippen molar-refractivity contribution in [2.24, 2.45) is 4.99 Å². The minimum absolute atomic E-state index is 0.508. The monoisotopic (exact) mass is 220 g/mol. The van der Waals surface area contributed by atoms with E-state index in [0.717, 1.165) is 30.4 Å². The van der Waals surface area contributed by atoms with E-state index in [4.69, 9.17) is 9.47 Å². The molecule has 4 heteroatoms. The molecule has 1 heterocycles. The highest BCUT2D eigenvalue weighted by Crippen LogP contribution is 2.17. The van der Waals surface area contributed by atoms with Gasteiger partial charge in [-0.2, -0.15) is 0 Å². The second kappa shape index (κ2) is 5.39. The lowest BCUT2D eigenvalue weighted by atomic mass is 10.3. The number of nitrogens with zero attached hydrogens (tertiary/aromatic N) is 1. The van der Waals surface area contributed by atoms with Gasteiger partial charge in [-0.3, -0.25) is 4.99 Å². The van der Waals surface area contributed by atoms with Gasteiger partial charge in [0.15, 0.2) is 0 Å². The van der Waals surface area contributed by atoms with Gasteiger partial charge in [-0.05, 0) is 31.2 Å². The Balaban J connectivity index is 1.84. The molecule has 0 aliphatic carbocycles. The molecular weight excluding hydrogens is 204 g/mol. The van der Waals surface area contributed by atoms with Gasteiger partial charge in [0.05, 0.1) is 13.2 Å². The summed E-state index contributed by atoms with van der Waals surface area (Å²) in [6.07, 6.45) is 0. The van der Waals surface area contributed by atoms with Crippen molar-refractivity contribution < 1.29 is 9.47 Å². The maximum atomic E-state index is 5.57. The standard InChI is InChI=1S/C12H16N2O2/c1-2-15-10-3-5-11(6-4-10)16-9-12-13-7-8-14-12/h3-6H,2,7-9H2,1H3,(H,13,14). The van der Waals surface area contributed by atoms with Crippen molar-refractivity contribution >= 4 is 5.84 Å². The first kappa shape index (κ1) is 10.8. The fraction of sp³-hybridized carbons (Fsp3) is 0.417. The quantitative estimate of drug-likeness (QED) is 0.817. The second-order valence-electron chi connectivity index (χ2n) is 3.45. The van der Waals surface area contributed by atoms with Crippen LogP contribution in [-0.2, 0) is 0 Å². The van der Waals surface area contributed by atoms with Crippen LogP contribution in [-0.4, -0.2) is 32.1 Å². The molecular formula is C12H16N2O2. The Morgan fingerprint density at radius 1 is 1.19 bits per heavy atom. The molecule has 0 bridgehead atoms. The molecule has 1 aliphatic rings. The summed E-state index contributed by atoms with van der Waals surface area (Å²) >= 11 is 0. The first-order chi connectivity index (χ1) is 7.88. The van der Waals surface area contributed by atoms with Crippen LogP contribution in [0.2, 0.25) is 0 Å². The first-order valence-electron chi connectivity index (χ1n) is 5.51. The maximum absolute atomic E-state index is 5.57. The molecule has 1 aromatic carbocycles. The lowest BCUT2D eigenvalue weighted by molar-refractivity contribution is 0.337. The average molecular weight is 220 g/mol. The predicted octanol–water partition coefficient (Wildman–Crippen LogP) is 1.47. The highest BCUT2D eigenvalue weighted by Gasteiger charge is 2.05. The predicted molar refractivity (Wildman–Crippen MR) is 63.4 cm³/mol. The highest BCUT2D eigenvalue weighted by atomic mass is 16.5. The molecule has 0 radical (unpaired) electrons. The van der Waals surface area contributed by atoms with Crippen molar-refractivity contribution in [2.75, 3.05) is 26.3 Å². The highest BCUT2D eigenvalue weighted by molar-refractivity contribution is 5.84. The summed E-state index contributed by atoms with van der Waals surface area (Å²) in [5.41, 5.74) is 0. The van der Waals surface area contributed by atoms with Gasteiger partial charge in [0.2, 0.25) is 0 Å².